The minimum atomic E-state index is -0.575. The van der Waals surface area contributed by atoms with Gasteiger partial charge in [-0.3, -0.25) is 4.79 Å². The summed E-state index contributed by atoms with van der Waals surface area (Å²) in [6.07, 6.45) is 6.80. The van der Waals surface area contributed by atoms with Crippen molar-refractivity contribution >= 4 is 22.7 Å². The molecule has 4 fully saturated rings. The quantitative estimate of drug-likeness (QED) is 0.622. The van der Waals surface area contributed by atoms with Gasteiger partial charge in [0.2, 0.25) is 5.76 Å². The Morgan fingerprint density at radius 1 is 1.07 bits per heavy atom. The van der Waals surface area contributed by atoms with Crippen LogP contribution in [0.5, 0.6) is 0 Å². The van der Waals surface area contributed by atoms with E-state index in [4.69, 9.17) is 13.9 Å². The van der Waals surface area contributed by atoms with Crippen molar-refractivity contribution in [3.63, 3.8) is 0 Å². The van der Waals surface area contributed by atoms with E-state index in [1.807, 2.05) is 31.2 Å². The van der Waals surface area contributed by atoms with Gasteiger partial charge in [-0.25, -0.2) is 4.79 Å². The maximum atomic E-state index is 13.1. The van der Waals surface area contributed by atoms with Crippen molar-refractivity contribution in [2.75, 3.05) is 13.2 Å². The van der Waals surface area contributed by atoms with Crippen molar-refractivity contribution in [2.24, 2.45) is 23.2 Å². The third kappa shape index (κ3) is 3.29. The molecule has 0 unspecified atom stereocenters. The van der Waals surface area contributed by atoms with E-state index in [9.17, 15) is 9.59 Å². The third-order valence-electron chi connectivity index (χ3n) is 7.30. The summed E-state index contributed by atoms with van der Waals surface area (Å²) in [7, 11) is 0. The average Bonchev–Trinajstić information content (AvgIpc) is 3.08. The molecule has 1 aromatic carbocycles. The summed E-state index contributed by atoms with van der Waals surface area (Å²) in [6.45, 7) is 2.57. The molecule has 5 heteroatoms. The molecule has 4 aliphatic rings. The van der Waals surface area contributed by atoms with Gasteiger partial charge in [0.25, 0.3) is 0 Å². The average molecular weight is 396 g/mol. The van der Waals surface area contributed by atoms with Gasteiger partial charge in [0.1, 0.15) is 5.58 Å². The van der Waals surface area contributed by atoms with Crippen LogP contribution >= 0.6 is 0 Å². The first-order valence-corrected chi connectivity index (χ1v) is 10.9. The van der Waals surface area contributed by atoms with E-state index in [-0.39, 0.29) is 30.2 Å². The standard InChI is InChI=1S/C24H28O5/c1-2-27-13-19-18-5-3-4-6-20(18)29-22(19)23(26)28-14-21(25)24-10-15-7-16(11-24)9-17(8-15)12-24/h3-6,15-17H,2,7-14H2,1H3. The van der Waals surface area contributed by atoms with E-state index >= 15 is 0 Å². The maximum absolute atomic E-state index is 13.1. The molecule has 0 N–H and O–H groups in total. The Labute approximate surface area is 170 Å². The zero-order valence-electron chi connectivity index (χ0n) is 16.9. The second kappa shape index (κ2) is 7.28. The van der Waals surface area contributed by atoms with E-state index in [0.29, 0.717) is 35.5 Å². The Bertz CT molecular complexity index is 905. The van der Waals surface area contributed by atoms with Gasteiger partial charge in [0.05, 0.1) is 6.61 Å². The first kappa shape index (κ1) is 18.9. The Morgan fingerprint density at radius 2 is 1.72 bits per heavy atom. The highest BCUT2D eigenvalue weighted by Gasteiger charge is 2.54. The molecule has 6 rings (SSSR count). The van der Waals surface area contributed by atoms with Gasteiger partial charge in [0.15, 0.2) is 12.4 Å². The molecule has 154 valence electrons. The number of para-hydroxylation sites is 1. The van der Waals surface area contributed by atoms with Crippen LogP contribution in [0, 0.1) is 23.2 Å². The fourth-order valence-corrected chi connectivity index (χ4v) is 6.41. The van der Waals surface area contributed by atoms with E-state index in [2.05, 4.69) is 0 Å². The summed E-state index contributed by atoms with van der Waals surface area (Å²) < 4.78 is 16.8. The summed E-state index contributed by atoms with van der Waals surface area (Å²) in [5, 5.41) is 0.848. The molecular weight excluding hydrogens is 368 g/mol. The fourth-order valence-electron chi connectivity index (χ4n) is 6.41. The van der Waals surface area contributed by atoms with Gasteiger partial charge >= 0.3 is 5.97 Å². The van der Waals surface area contributed by atoms with Crippen LogP contribution in [0.3, 0.4) is 0 Å². The lowest BCUT2D eigenvalue weighted by molar-refractivity contribution is -0.147. The molecule has 0 amide bonds. The number of esters is 1. The molecule has 4 saturated carbocycles. The van der Waals surface area contributed by atoms with Crippen LogP contribution in [0.15, 0.2) is 28.7 Å². The summed E-state index contributed by atoms with van der Waals surface area (Å²) in [6, 6.07) is 7.49. The summed E-state index contributed by atoms with van der Waals surface area (Å²) in [4.78, 5) is 25.9. The smallest absolute Gasteiger partial charge is 0.375 e. The van der Waals surface area contributed by atoms with Crippen LogP contribution in [0.25, 0.3) is 11.0 Å². The van der Waals surface area contributed by atoms with E-state index in [1.165, 1.54) is 19.3 Å². The minimum absolute atomic E-state index is 0.104. The molecule has 5 nitrogen and oxygen atoms in total. The second-order valence-corrected chi connectivity index (χ2v) is 9.24. The molecule has 0 spiro atoms. The molecule has 1 aromatic heterocycles. The van der Waals surface area contributed by atoms with Gasteiger partial charge in [-0.15, -0.1) is 0 Å². The van der Waals surface area contributed by atoms with Crippen molar-refractivity contribution in [1.29, 1.82) is 0 Å². The largest absolute Gasteiger partial charge is 0.452 e. The number of carbonyl (C=O) groups excluding carboxylic acids is 2. The number of carbonyl (C=O) groups is 2. The molecule has 0 aliphatic heterocycles. The molecule has 0 atom stereocenters. The number of fused-ring (bicyclic) bond motifs is 1. The molecule has 4 aliphatic carbocycles. The molecule has 4 bridgehead atoms. The lowest BCUT2D eigenvalue weighted by Crippen LogP contribution is -2.51. The Balaban J connectivity index is 1.31. The Kier molecular flexibility index (Phi) is 4.73. The molecular formula is C24H28O5. The Hall–Kier alpha value is -2.14. The predicted octanol–water partition coefficient (Wildman–Crippen LogP) is 4.91. The van der Waals surface area contributed by atoms with Crippen molar-refractivity contribution < 1.29 is 23.5 Å². The molecule has 0 saturated heterocycles. The SMILES string of the molecule is CCOCc1c(C(=O)OCC(=O)C23CC4CC(CC(C4)C2)C3)oc2ccccc12. The Morgan fingerprint density at radius 3 is 2.38 bits per heavy atom. The van der Waals surface area contributed by atoms with Crippen LogP contribution in [0.4, 0.5) is 0 Å². The molecule has 29 heavy (non-hydrogen) atoms. The molecule has 1 heterocycles. The minimum Gasteiger partial charge on any atom is -0.452 e. The van der Waals surface area contributed by atoms with Crippen LogP contribution in [-0.4, -0.2) is 25.0 Å². The number of furan rings is 1. The number of ether oxygens (including phenoxy) is 2. The van der Waals surface area contributed by atoms with E-state index in [1.54, 1.807) is 0 Å². The predicted molar refractivity (Wildman–Crippen MR) is 107 cm³/mol. The molecule has 2 aromatic rings. The highest BCUT2D eigenvalue weighted by atomic mass is 16.5. The molecule has 0 radical (unpaired) electrons. The maximum Gasteiger partial charge on any atom is 0.375 e. The van der Waals surface area contributed by atoms with Gasteiger partial charge < -0.3 is 13.9 Å². The monoisotopic (exact) mass is 396 g/mol. The summed E-state index contributed by atoms with van der Waals surface area (Å²) in [5.41, 5.74) is 1.06. The normalized spacial score (nSPS) is 30.0. The van der Waals surface area contributed by atoms with Crippen molar-refractivity contribution in [2.45, 2.75) is 52.1 Å². The highest BCUT2D eigenvalue weighted by Crippen LogP contribution is 2.60. The van der Waals surface area contributed by atoms with Crippen LogP contribution in [0.2, 0.25) is 0 Å². The zero-order valence-corrected chi connectivity index (χ0v) is 16.9. The lowest BCUT2D eigenvalue weighted by atomic mass is 9.48. The van der Waals surface area contributed by atoms with Gasteiger partial charge in [-0.2, -0.15) is 0 Å². The van der Waals surface area contributed by atoms with Crippen LogP contribution in [-0.2, 0) is 20.9 Å². The van der Waals surface area contributed by atoms with Crippen LogP contribution < -0.4 is 0 Å². The van der Waals surface area contributed by atoms with Crippen molar-refractivity contribution in [1.82, 2.24) is 0 Å². The summed E-state index contributed by atoms with van der Waals surface area (Å²) >= 11 is 0. The van der Waals surface area contributed by atoms with Crippen LogP contribution in [0.1, 0.15) is 61.6 Å². The van der Waals surface area contributed by atoms with Gasteiger partial charge in [-0.1, -0.05) is 18.2 Å². The van der Waals surface area contributed by atoms with E-state index in [0.717, 1.165) is 24.6 Å². The van der Waals surface area contributed by atoms with Crippen molar-refractivity contribution in [3.8, 4) is 0 Å². The van der Waals surface area contributed by atoms with E-state index < -0.39 is 5.97 Å². The van der Waals surface area contributed by atoms with Gasteiger partial charge in [0, 0.05) is 23.0 Å². The number of ketones is 1. The second-order valence-electron chi connectivity index (χ2n) is 9.24. The fraction of sp³-hybridized carbons (Fsp3) is 0.583. The number of hydrogen-bond acceptors (Lipinski definition) is 5. The van der Waals surface area contributed by atoms with Crippen molar-refractivity contribution in [3.05, 3.63) is 35.6 Å². The number of benzene rings is 1. The zero-order chi connectivity index (χ0) is 20.0. The first-order valence-electron chi connectivity index (χ1n) is 10.9. The first-order chi connectivity index (χ1) is 14.1. The lowest BCUT2D eigenvalue weighted by Gasteiger charge is -2.55. The topological polar surface area (TPSA) is 65.7 Å². The number of hydrogen-bond donors (Lipinski definition) is 0. The van der Waals surface area contributed by atoms with Gasteiger partial charge in [-0.05, 0) is 69.3 Å². The number of Topliss-reactive ketones (excluding diaryl/α,β-unsaturated/α-hetero) is 1. The highest BCUT2D eigenvalue weighted by molar-refractivity contribution is 5.97. The number of rotatable bonds is 7. The third-order valence-corrected chi connectivity index (χ3v) is 7.30. The summed E-state index contributed by atoms with van der Waals surface area (Å²) in [5.74, 6) is 1.75.